The standard InChI is InChI=1S/C20H14N4.C5H5.Fe/c1-2-14-10-16-5-6-18(23-16)12-20-8-7-19(24-20)11-17-4-3-15(22-17)9-13(1)21-14;1-2-4-5-3-1;/h1-12,21,24H;1-3H,4H2;. The number of nitrogens with one attached hydrogen (secondary N) is 2. The van der Waals surface area contributed by atoms with E-state index in [4.69, 9.17) is 0 Å². The summed E-state index contributed by atoms with van der Waals surface area (Å²) in [6, 6.07) is 16.4. The van der Waals surface area contributed by atoms with Crippen molar-refractivity contribution in [2.24, 2.45) is 0 Å². The van der Waals surface area contributed by atoms with Gasteiger partial charge in [-0.2, -0.15) is 0 Å². The van der Waals surface area contributed by atoms with E-state index in [-0.39, 0.29) is 0 Å². The van der Waals surface area contributed by atoms with Crippen LogP contribution in [0.3, 0.4) is 0 Å². The van der Waals surface area contributed by atoms with Gasteiger partial charge in [-0.25, -0.2) is 9.97 Å². The number of allylic oxidation sites excluding steroid dienone is 4. The quantitative estimate of drug-likeness (QED) is 0.294. The molecule has 0 fully saturated rings. The molecular formula is C25H19FeN4. The maximum absolute atomic E-state index is 4.63. The summed E-state index contributed by atoms with van der Waals surface area (Å²) in [5.41, 5.74) is 7.86. The summed E-state index contributed by atoms with van der Waals surface area (Å²) in [5, 5.41) is 0. The van der Waals surface area contributed by atoms with Crippen LogP contribution >= 0.6 is 0 Å². The Morgan fingerprint density at radius 1 is 0.633 bits per heavy atom. The Morgan fingerprint density at radius 2 is 1.03 bits per heavy atom. The summed E-state index contributed by atoms with van der Waals surface area (Å²) in [4.78, 5) is 16.0. The molecule has 3 aromatic heterocycles. The van der Waals surface area contributed by atoms with Gasteiger partial charge in [0.2, 0.25) is 0 Å². The van der Waals surface area contributed by atoms with E-state index in [2.05, 4.69) is 66.3 Å². The van der Waals surface area contributed by atoms with Crippen molar-refractivity contribution in [1.82, 2.24) is 19.9 Å². The molecule has 8 bridgehead atoms. The molecule has 0 spiro atoms. The van der Waals surface area contributed by atoms with Crippen molar-refractivity contribution in [2.45, 2.75) is 6.42 Å². The van der Waals surface area contributed by atoms with Crippen molar-refractivity contribution in [3.05, 3.63) is 94.0 Å². The number of aromatic nitrogens is 4. The Kier molecular flexibility index (Phi) is 5.06. The van der Waals surface area contributed by atoms with Gasteiger partial charge >= 0.3 is 45.1 Å². The average molecular weight is 431 g/mol. The first-order chi connectivity index (χ1) is 14.7. The molecule has 0 radical (unpaired) electrons. The van der Waals surface area contributed by atoms with Gasteiger partial charge in [-0.15, -0.1) is 0 Å². The molecule has 0 saturated heterocycles. The first-order valence-corrected chi connectivity index (χ1v) is 10.3. The molecule has 147 valence electrons. The number of H-pyrrole nitrogens is 2. The molecule has 3 aromatic rings. The van der Waals surface area contributed by atoms with E-state index in [1.165, 1.54) is 4.47 Å². The van der Waals surface area contributed by atoms with Crippen LogP contribution < -0.4 is 0 Å². The summed E-state index contributed by atoms with van der Waals surface area (Å²) in [6.45, 7) is 0. The van der Waals surface area contributed by atoms with Crippen LogP contribution in [0.4, 0.5) is 0 Å². The Labute approximate surface area is 182 Å². The predicted octanol–water partition coefficient (Wildman–Crippen LogP) is 6.03. The van der Waals surface area contributed by atoms with Crippen LogP contribution in [0, 0.1) is 0 Å². The number of hydrogen-bond donors (Lipinski definition) is 2. The number of aromatic amines is 2. The summed E-state index contributed by atoms with van der Waals surface area (Å²) in [5.74, 6) is 0. The van der Waals surface area contributed by atoms with Crippen molar-refractivity contribution < 1.29 is 16.0 Å². The van der Waals surface area contributed by atoms with Gasteiger partial charge in [0.05, 0.1) is 22.8 Å². The van der Waals surface area contributed by atoms with Gasteiger partial charge in [0.25, 0.3) is 0 Å². The maximum atomic E-state index is 4.63. The van der Waals surface area contributed by atoms with E-state index in [0.29, 0.717) is 0 Å². The Hall–Kier alpha value is -3.40. The van der Waals surface area contributed by atoms with Crippen molar-refractivity contribution in [3.63, 3.8) is 0 Å². The molecule has 4 nitrogen and oxygen atoms in total. The second-order valence-electron chi connectivity index (χ2n) is 7.14. The summed E-state index contributed by atoms with van der Waals surface area (Å²) < 4.78 is 1.22. The minimum absolute atomic E-state index is 0.939. The Bertz CT molecular complexity index is 1210. The molecule has 1 aliphatic carbocycles. The van der Waals surface area contributed by atoms with Crippen LogP contribution in [0.2, 0.25) is 0 Å². The zero-order chi connectivity index (χ0) is 20.3. The predicted molar refractivity (Wildman–Crippen MR) is 121 cm³/mol. The molecule has 5 heterocycles. The van der Waals surface area contributed by atoms with Gasteiger partial charge < -0.3 is 9.97 Å². The molecule has 2 N–H and O–H groups in total. The molecule has 6 rings (SSSR count). The molecule has 5 heteroatoms. The molecule has 30 heavy (non-hydrogen) atoms. The van der Waals surface area contributed by atoms with Crippen LogP contribution in [0.25, 0.3) is 46.4 Å². The van der Waals surface area contributed by atoms with Crippen molar-refractivity contribution in [2.75, 3.05) is 0 Å². The third kappa shape index (κ3) is 4.43. The molecule has 0 aromatic carbocycles. The number of nitrogens with zero attached hydrogens (tertiary/aromatic N) is 2. The van der Waals surface area contributed by atoms with E-state index < -0.39 is 0 Å². The average Bonchev–Trinajstić information content (AvgIpc) is 3.52. The summed E-state index contributed by atoms with van der Waals surface area (Å²) in [6.07, 6.45) is 15.3. The van der Waals surface area contributed by atoms with E-state index in [1.807, 2.05) is 60.7 Å². The monoisotopic (exact) mass is 431 g/mol. The van der Waals surface area contributed by atoms with Crippen LogP contribution in [-0.2, 0) is 16.0 Å². The molecular weight excluding hydrogens is 412 g/mol. The third-order valence-corrected chi connectivity index (χ3v) is 5.17. The Morgan fingerprint density at radius 3 is 1.30 bits per heavy atom. The van der Waals surface area contributed by atoms with Gasteiger partial charge in [0.1, 0.15) is 0 Å². The van der Waals surface area contributed by atoms with Crippen LogP contribution in [0.5, 0.6) is 0 Å². The third-order valence-electron chi connectivity index (χ3n) is 4.76. The van der Waals surface area contributed by atoms with E-state index in [1.54, 1.807) is 0 Å². The second kappa shape index (κ2) is 8.15. The molecule has 2 aliphatic heterocycles. The fraction of sp³-hybridized carbons (Fsp3) is 0.0400. The number of fused-ring (bicyclic) bond motifs is 8. The van der Waals surface area contributed by atoms with Crippen molar-refractivity contribution in [3.8, 4) is 0 Å². The van der Waals surface area contributed by atoms with Crippen LogP contribution in [0.1, 0.15) is 29.2 Å². The van der Waals surface area contributed by atoms with Crippen molar-refractivity contribution >= 4 is 46.4 Å². The van der Waals surface area contributed by atoms with Gasteiger partial charge in [-0.3, -0.25) is 0 Å². The fourth-order valence-electron chi connectivity index (χ4n) is 3.36. The molecule has 0 saturated carbocycles. The number of rotatable bonds is 0. The Balaban J connectivity index is 0.000000279. The fourth-order valence-corrected chi connectivity index (χ4v) is 3.60. The van der Waals surface area contributed by atoms with Gasteiger partial charge in [0, 0.05) is 22.1 Å². The number of hydrogen-bond acceptors (Lipinski definition) is 2. The van der Waals surface area contributed by atoms with E-state index >= 15 is 0 Å². The normalized spacial score (nSPS) is 13.8. The van der Waals surface area contributed by atoms with Gasteiger partial charge in [-0.1, -0.05) is 0 Å². The van der Waals surface area contributed by atoms with Gasteiger partial charge in [0.15, 0.2) is 0 Å². The van der Waals surface area contributed by atoms with Crippen LogP contribution in [0.15, 0.2) is 71.2 Å². The summed E-state index contributed by atoms with van der Waals surface area (Å²) in [7, 11) is 0. The molecule has 0 unspecified atom stereocenters. The summed E-state index contributed by atoms with van der Waals surface area (Å²) >= 11 is 3.74. The second-order valence-corrected chi connectivity index (χ2v) is 7.84. The van der Waals surface area contributed by atoms with Crippen LogP contribution in [-0.4, -0.2) is 19.9 Å². The van der Waals surface area contributed by atoms with Gasteiger partial charge in [-0.05, 0) is 72.8 Å². The SMILES string of the molecule is C1=Cc2cc3ccc(cc4nc(cc5ccc(cc1n2)[nH]5)C=C4)[nH]3.[Fe][C]1=CC=CC1. The zero-order valence-electron chi connectivity index (χ0n) is 16.1. The molecule has 3 aliphatic rings. The first kappa shape index (κ1) is 18.6. The zero-order valence-corrected chi connectivity index (χ0v) is 17.2. The minimum atomic E-state index is 0.939. The van der Waals surface area contributed by atoms with E-state index in [0.717, 1.165) is 51.3 Å². The van der Waals surface area contributed by atoms with E-state index in [9.17, 15) is 0 Å². The topological polar surface area (TPSA) is 57.4 Å². The molecule has 0 amide bonds. The first-order valence-electron chi connectivity index (χ1n) is 9.74. The van der Waals surface area contributed by atoms with Crippen molar-refractivity contribution in [1.29, 1.82) is 0 Å². The molecule has 0 atom stereocenters.